The highest BCUT2D eigenvalue weighted by atomic mass is 35.5. The van der Waals surface area contributed by atoms with Crippen molar-refractivity contribution >= 4 is 29.1 Å². The predicted molar refractivity (Wildman–Crippen MR) is 116 cm³/mol. The molecule has 0 bridgehead atoms. The van der Waals surface area contributed by atoms with Gasteiger partial charge in [0, 0.05) is 16.7 Å². The van der Waals surface area contributed by atoms with E-state index < -0.39 is 23.3 Å². The number of amides is 2. The van der Waals surface area contributed by atoms with Crippen LogP contribution in [0.25, 0.3) is 0 Å². The minimum atomic E-state index is -0.627. The van der Waals surface area contributed by atoms with Gasteiger partial charge < -0.3 is 9.47 Å². The molecule has 0 saturated heterocycles. The summed E-state index contributed by atoms with van der Waals surface area (Å²) in [6.45, 7) is -0.113. The van der Waals surface area contributed by atoms with Crippen molar-refractivity contribution in [1.82, 2.24) is 10.9 Å². The fraction of sp³-hybridized carbons (Fsp3) is 0.0909. The molecule has 0 aliphatic carbocycles. The maximum absolute atomic E-state index is 12.2. The Bertz CT molecular complexity index is 1100. The van der Waals surface area contributed by atoms with Gasteiger partial charge in [0.15, 0.2) is 6.61 Å². The lowest BCUT2D eigenvalue weighted by atomic mass is 10.1. The van der Waals surface area contributed by atoms with Gasteiger partial charge in [-0.25, -0.2) is 0 Å². The Labute approximate surface area is 188 Å². The fourth-order valence-corrected chi connectivity index (χ4v) is 2.65. The number of hydrazine groups is 1. The molecule has 10 heteroatoms. The van der Waals surface area contributed by atoms with Crippen LogP contribution >= 0.6 is 11.6 Å². The zero-order valence-electron chi connectivity index (χ0n) is 16.6. The molecule has 2 N–H and O–H groups in total. The maximum atomic E-state index is 12.2. The number of halogens is 1. The molecule has 0 heterocycles. The highest BCUT2D eigenvalue weighted by Crippen LogP contribution is 2.19. The van der Waals surface area contributed by atoms with Crippen molar-refractivity contribution in [3.63, 3.8) is 0 Å². The number of nitro benzene ring substituents is 1. The number of nitrogens with zero attached hydrogens (tertiary/aromatic N) is 1. The van der Waals surface area contributed by atoms with E-state index in [-0.39, 0.29) is 11.4 Å². The molecule has 0 aromatic heterocycles. The van der Waals surface area contributed by atoms with Gasteiger partial charge in [0.1, 0.15) is 18.1 Å². The monoisotopic (exact) mass is 455 g/mol. The third kappa shape index (κ3) is 6.71. The third-order valence-corrected chi connectivity index (χ3v) is 4.40. The second-order valence-corrected chi connectivity index (χ2v) is 6.92. The summed E-state index contributed by atoms with van der Waals surface area (Å²) in [6, 6.07) is 19.1. The summed E-state index contributed by atoms with van der Waals surface area (Å²) < 4.78 is 10.8. The molecule has 0 spiro atoms. The van der Waals surface area contributed by atoms with Crippen LogP contribution in [0.5, 0.6) is 11.5 Å². The number of ether oxygens (including phenoxy) is 2. The molecule has 0 radical (unpaired) electrons. The van der Waals surface area contributed by atoms with Gasteiger partial charge in [-0.2, -0.15) is 0 Å². The molecule has 3 aromatic rings. The molecule has 3 aromatic carbocycles. The Morgan fingerprint density at radius 3 is 2.31 bits per heavy atom. The second-order valence-electron chi connectivity index (χ2n) is 6.48. The van der Waals surface area contributed by atoms with Crippen LogP contribution in [0, 0.1) is 10.1 Å². The number of hydrogen-bond acceptors (Lipinski definition) is 6. The van der Waals surface area contributed by atoms with Crippen LogP contribution in [0.3, 0.4) is 0 Å². The quantitative estimate of drug-likeness (QED) is 0.395. The van der Waals surface area contributed by atoms with Crippen molar-refractivity contribution in [2.24, 2.45) is 0 Å². The van der Waals surface area contributed by atoms with Crippen LogP contribution in [0.1, 0.15) is 15.9 Å². The summed E-state index contributed by atoms with van der Waals surface area (Å²) in [5.41, 5.74) is 5.53. The van der Waals surface area contributed by atoms with E-state index in [1.807, 2.05) is 0 Å². The lowest BCUT2D eigenvalue weighted by molar-refractivity contribution is -0.384. The van der Waals surface area contributed by atoms with E-state index in [9.17, 15) is 19.7 Å². The van der Waals surface area contributed by atoms with E-state index in [4.69, 9.17) is 21.1 Å². The number of hydrogen-bond donors (Lipinski definition) is 2. The van der Waals surface area contributed by atoms with Crippen LogP contribution in [-0.4, -0.2) is 23.3 Å². The van der Waals surface area contributed by atoms with Crippen LogP contribution in [0.15, 0.2) is 72.8 Å². The average molecular weight is 456 g/mol. The molecule has 0 aliphatic rings. The van der Waals surface area contributed by atoms with Gasteiger partial charge >= 0.3 is 0 Å². The number of carbonyl (C=O) groups excluding carboxylic acids is 2. The minimum Gasteiger partial charge on any atom is -0.489 e. The molecule has 0 atom stereocenters. The van der Waals surface area contributed by atoms with Crippen molar-refractivity contribution in [2.45, 2.75) is 6.61 Å². The van der Waals surface area contributed by atoms with Crippen molar-refractivity contribution in [1.29, 1.82) is 0 Å². The molecule has 2 amide bonds. The molecule has 32 heavy (non-hydrogen) atoms. The first kappa shape index (κ1) is 22.6. The van der Waals surface area contributed by atoms with Crippen LogP contribution in [-0.2, 0) is 11.4 Å². The standard InChI is InChI=1S/C22H18ClN3O6/c23-17-8-10-19(11-9-17)31-13-15-4-6-16(7-5-15)22(28)25-24-21(27)14-32-20-3-1-2-18(12-20)26(29)30/h1-12H,13-14H2,(H,24,27)(H,25,28). The Morgan fingerprint density at radius 2 is 1.62 bits per heavy atom. The SMILES string of the molecule is O=C(COc1cccc([N+](=O)[O-])c1)NNC(=O)c1ccc(COc2ccc(Cl)cc2)cc1. The summed E-state index contributed by atoms with van der Waals surface area (Å²) >= 11 is 5.83. The summed E-state index contributed by atoms with van der Waals surface area (Å²) in [6.07, 6.45) is 0. The smallest absolute Gasteiger partial charge is 0.276 e. The third-order valence-electron chi connectivity index (χ3n) is 4.15. The van der Waals surface area contributed by atoms with Crippen LogP contribution in [0.4, 0.5) is 5.69 Å². The number of nitro groups is 1. The molecular weight excluding hydrogens is 438 g/mol. The topological polar surface area (TPSA) is 120 Å². The highest BCUT2D eigenvalue weighted by molar-refractivity contribution is 6.30. The highest BCUT2D eigenvalue weighted by Gasteiger charge is 2.10. The molecule has 9 nitrogen and oxygen atoms in total. The summed E-state index contributed by atoms with van der Waals surface area (Å²) in [7, 11) is 0. The first-order chi connectivity index (χ1) is 15.4. The van der Waals surface area contributed by atoms with E-state index in [2.05, 4.69) is 10.9 Å². The van der Waals surface area contributed by atoms with Gasteiger partial charge in [-0.3, -0.25) is 30.6 Å². The fourth-order valence-electron chi connectivity index (χ4n) is 2.52. The van der Waals surface area contributed by atoms with E-state index in [0.29, 0.717) is 22.9 Å². The van der Waals surface area contributed by atoms with E-state index in [0.717, 1.165) is 5.56 Å². The van der Waals surface area contributed by atoms with Crippen LogP contribution < -0.4 is 20.3 Å². The summed E-state index contributed by atoms with van der Waals surface area (Å²) in [5, 5.41) is 11.4. The molecule has 3 rings (SSSR count). The Kier molecular flexibility index (Phi) is 7.60. The first-order valence-electron chi connectivity index (χ1n) is 9.34. The lowest BCUT2D eigenvalue weighted by Crippen LogP contribution is -2.43. The molecule has 0 saturated carbocycles. The van der Waals surface area contributed by atoms with Crippen LogP contribution in [0.2, 0.25) is 5.02 Å². The van der Waals surface area contributed by atoms with E-state index >= 15 is 0 Å². The number of rotatable bonds is 8. The number of carbonyl (C=O) groups is 2. The number of benzene rings is 3. The number of non-ortho nitro benzene ring substituents is 1. The molecule has 164 valence electrons. The zero-order valence-corrected chi connectivity index (χ0v) is 17.4. The normalized spacial score (nSPS) is 10.2. The minimum absolute atomic E-state index is 0.154. The molecular formula is C22H18ClN3O6. The zero-order chi connectivity index (χ0) is 22.9. The van der Waals surface area contributed by atoms with Gasteiger partial charge in [-0.1, -0.05) is 29.8 Å². The van der Waals surface area contributed by atoms with Gasteiger partial charge in [-0.15, -0.1) is 0 Å². The molecule has 0 unspecified atom stereocenters. The van der Waals surface area contributed by atoms with Crippen molar-refractivity contribution in [3.05, 3.63) is 99.1 Å². The second kappa shape index (κ2) is 10.8. The lowest BCUT2D eigenvalue weighted by Gasteiger charge is -2.10. The first-order valence-corrected chi connectivity index (χ1v) is 9.72. The summed E-state index contributed by atoms with van der Waals surface area (Å²) in [4.78, 5) is 34.2. The van der Waals surface area contributed by atoms with Crippen molar-refractivity contribution in [2.75, 3.05) is 6.61 Å². The summed E-state index contributed by atoms with van der Waals surface area (Å²) in [5.74, 6) is -0.306. The largest absolute Gasteiger partial charge is 0.489 e. The van der Waals surface area contributed by atoms with Gasteiger partial charge in [-0.05, 0) is 48.0 Å². The average Bonchev–Trinajstić information content (AvgIpc) is 2.81. The Morgan fingerprint density at radius 1 is 0.906 bits per heavy atom. The maximum Gasteiger partial charge on any atom is 0.276 e. The Hall–Kier alpha value is -4.11. The predicted octanol–water partition coefficient (Wildman–Crippen LogP) is 3.67. The van der Waals surface area contributed by atoms with Gasteiger partial charge in [0.05, 0.1) is 11.0 Å². The van der Waals surface area contributed by atoms with Crippen molar-refractivity contribution in [3.8, 4) is 11.5 Å². The van der Waals surface area contributed by atoms with Gasteiger partial charge in [0.25, 0.3) is 17.5 Å². The van der Waals surface area contributed by atoms with E-state index in [1.165, 1.54) is 24.3 Å². The van der Waals surface area contributed by atoms with Gasteiger partial charge in [0.2, 0.25) is 0 Å². The molecule has 0 fully saturated rings. The van der Waals surface area contributed by atoms with E-state index in [1.54, 1.807) is 48.5 Å². The van der Waals surface area contributed by atoms with Crippen molar-refractivity contribution < 1.29 is 24.0 Å². The Balaban J connectivity index is 1.43. The molecule has 0 aliphatic heterocycles. The number of nitrogens with one attached hydrogen (secondary N) is 2.